The quantitative estimate of drug-likeness (QED) is 0.811. The summed E-state index contributed by atoms with van der Waals surface area (Å²) < 4.78 is 25.9. The van der Waals surface area contributed by atoms with E-state index in [0.717, 1.165) is 5.56 Å². The van der Waals surface area contributed by atoms with Crippen LogP contribution in [0.1, 0.15) is 5.56 Å². The van der Waals surface area contributed by atoms with Crippen LogP contribution in [0, 0.1) is 0 Å². The predicted molar refractivity (Wildman–Crippen MR) is 69.7 cm³/mol. The Morgan fingerprint density at radius 2 is 1.95 bits per heavy atom. The Bertz CT molecular complexity index is 596. The molecule has 0 saturated carbocycles. The van der Waals surface area contributed by atoms with Crippen molar-refractivity contribution in [2.75, 3.05) is 13.2 Å². The number of hydrogen-bond donors (Lipinski definition) is 2. The molecule has 0 aliphatic carbocycles. The van der Waals surface area contributed by atoms with Crippen LogP contribution in [0.3, 0.4) is 0 Å². The minimum Gasteiger partial charge on any atom is -0.395 e. The fourth-order valence-corrected chi connectivity index (χ4v) is 3.03. The zero-order valence-corrected chi connectivity index (χ0v) is 11.0. The fraction of sp³-hybridized carbons (Fsp3) is 0.250. The van der Waals surface area contributed by atoms with Crippen molar-refractivity contribution in [3.05, 3.63) is 48.2 Å². The summed E-state index contributed by atoms with van der Waals surface area (Å²) in [5, 5.41) is 15.2. The molecule has 0 aliphatic rings. The predicted octanol–water partition coefficient (Wildman–Crippen LogP) is 0.593. The third-order valence-corrected chi connectivity index (χ3v) is 4.42. The van der Waals surface area contributed by atoms with Crippen molar-refractivity contribution in [3.63, 3.8) is 0 Å². The Kier molecular flexibility index (Phi) is 4.31. The molecule has 0 unspecified atom stereocenters. The van der Waals surface area contributed by atoms with Gasteiger partial charge < -0.3 is 5.11 Å². The molecule has 0 amide bonds. The Labute approximate surface area is 111 Å². The average molecular weight is 281 g/mol. The summed E-state index contributed by atoms with van der Waals surface area (Å²) in [6.07, 6.45) is 1.38. The highest BCUT2D eigenvalue weighted by molar-refractivity contribution is 7.89. The smallest absolute Gasteiger partial charge is 0.260 e. The monoisotopic (exact) mass is 281 g/mol. The molecular weight excluding hydrogens is 266 g/mol. The molecule has 1 aromatic heterocycles. The Hall–Kier alpha value is -1.70. The number of aliphatic hydroxyl groups excluding tert-OH is 1. The summed E-state index contributed by atoms with van der Waals surface area (Å²) in [7, 11) is -3.66. The van der Waals surface area contributed by atoms with Crippen LogP contribution >= 0.6 is 0 Å². The van der Waals surface area contributed by atoms with E-state index in [-0.39, 0.29) is 24.7 Å². The second kappa shape index (κ2) is 5.96. The molecular formula is C12H15N3O3S. The molecule has 0 aliphatic heterocycles. The first-order chi connectivity index (χ1) is 9.14. The molecule has 7 heteroatoms. The third-order valence-electron chi connectivity index (χ3n) is 2.64. The van der Waals surface area contributed by atoms with E-state index >= 15 is 0 Å². The maximum Gasteiger partial charge on any atom is 0.260 e. The van der Waals surface area contributed by atoms with Crippen LogP contribution in [0.15, 0.2) is 47.6 Å². The zero-order chi connectivity index (χ0) is 13.7. The number of nitrogens with zero attached hydrogens (tertiary/aromatic N) is 2. The molecule has 102 valence electrons. The van der Waals surface area contributed by atoms with Gasteiger partial charge >= 0.3 is 0 Å². The number of H-pyrrole nitrogens is 1. The maximum atomic E-state index is 12.3. The van der Waals surface area contributed by atoms with Crippen molar-refractivity contribution in [3.8, 4) is 0 Å². The van der Waals surface area contributed by atoms with Crippen molar-refractivity contribution in [1.29, 1.82) is 0 Å². The number of sulfonamides is 1. The van der Waals surface area contributed by atoms with Gasteiger partial charge in [-0.05, 0) is 11.6 Å². The van der Waals surface area contributed by atoms with Gasteiger partial charge in [-0.3, -0.25) is 5.10 Å². The van der Waals surface area contributed by atoms with E-state index in [0.29, 0.717) is 0 Å². The molecule has 6 nitrogen and oxygen atoms in total. The molecule has 0 spiro atoms. The van der Waals surface area contributed by atoms with E-state index in [2.05, 4.69) is 10.2 Å². The standard InChI is InChI=1S/C12H15N3O3S/c16-9-8-15(10-11-4-2-1-3-5-11)19(17,18)12-6-7-13-14-12/h1-7,16H,8-10H2,(H,13,14). The van der Waals surface area contributed by atoms with Gasteiger partial charge in [0.05, 0.1) is 12.8 Å². The maximum absolute atomic E-state index is 12.3. The highest BCUT2D eigenvalue weighted by Gasteiger charge is 2.25. The molecule has 0 radical (unpaired) electrons. The van der Waals surface area contributed by atoms with Crippen molar-refractivity contribution in [2.24, 2.45) is 0 Å². The molecule has 1 aromatic carbocycles. The number of aliphatic hydroxyl groups is 1. The summed E-state index contributed by atoms with van der Waals surface area (Å²) in [5.41, 5.74) is 0.860. The number of nitrogens with one attached hydrogen (secondary N) is 1. The van der Waals surface area contributed by atoms with Crippen LogP contribution < -0.4 is 0 Å². The zero-order valence-electron chi connectivity index (χ0n) is 10.2. The van der Waals surface area contributed by atoms with E-state index in [1.807, 2.05) is 30.3 Å². The highest BCUT2D eigenvalue weighted by atomic mass is 32.2. The fourth-order valence-electron chi connectivity index (χ4n) is 1.71. The van der Waals surface area contributed by atoms with Gasteiger partial charge in [-0.25, -0.2) is 8.42 Å². The molecule has 19 heavy (non-hydrogen) atoms. The number of hydrogen-bond acceptors (Lipinski definition) is 4. The molecule has 2 N–H and O–H groups in total. The first-order valence-corrected chi connectivity index (χ1v) is 7.23. The Morgan fingerprint density at radius 1 is 1.21 bits per heavy atom. The Balaban J connectivity index is 2.26. The highest BCUT2D eigenvalue weighted by Crippen LogP contribution is 2.15. The number of benzene rings is 1. The lowest BCUT2D eigenvalue weighted by Gasteiger charge is -2.20. The van der Waals surface area contributed by atoms with Crippen molar-refractivity contribution in [1.82, 2.24) is 14.5 Å². The number of aromatic nitrogens is 2. The second-order valence-corrected chi connectivity index (χ2v) is 5.88. The lowest BCUT2D eigenvalue weighted by atomic mass is 10.2. The normalized spacial score (nSPS) is 11.9. The minimum absolute atomic E-state index is 0.0249. The largest absolute Gasteiger partial charge is 0.395 e. The third kappa shape index (κ3) is 3.19. The van der Waals surface area contributed by atoms with Crippen molar-refractivity contribution < 1.29 is 13.5 Å². The minimum atomic E-state index is -3.66. The van der Waals surface area contributed by atoms with Gasteiger partial charge in [-0.15, -0.1) is 0 Å². The first-order valence-electron chi connectivity index (χ1n) is 5.79. The molecule has 1 heterocycles. The lowest BCUT2D eigenvalue weighted by Crippen LogP contribution is -2.33. The summed E-state index contributed by atoms with van der Waals surface area (Å²) in [6.45, 7) is 0.0131. The molecule has 0 saturated heterocycles. The van der Waals surface area contributed by atoms with Gasteiger partial charge in [0.25, 0.3) is 10.0 Å². The molecule has 2 rings (SSSR count). The van der Waals surface area contributed by atoms with Gasteiger partial charge in [-0.2, -0.15) is 9.40 Å². The summed E-state index contributed by atoms with van der Waals surface area (Å²) in [5.74, 6) is 0. The van der Waals surface area contributed by atoms with Crippen LogP contribution in [0.5, 0.6) is 0 Å². The van der Waals surface area contributed by atoms with E-state index in [9.17, 15) is 8.42 Å². The molecule has 0 bridgehead atoms. The SMILES string of the molecule is O=S(=O)(c1ccn[nH]1)N(CCO)Cc1ccccc1. The molecule has 2 aromatic rings. The molecule has 0 atom stereocenters. The van der Waals surface area contributed by atoms with Gasteiger partial charge in [0.1, 0.15) is 0 Å². The second-order valence-electron chi connectivity index (χ2n) is 3.97. The van der Waals surface area contributed by atoms with Gasteiger partial charge in [0, 0.05) is 13.1 Å². The summed E-state index contributed by atoms with van der Waals surface area (Å²) >= 11 is 0. The van der Waals surface area contributed by atoms with E-state index in [1.54, 1.807) is 0 Å². The topological polar surface area (TPSA) is 86.3 Å². The first kappa shape index (κ1) is 13.7. The van der Waals surface area contributed by atoms with E-state index in [4.69, 9.17) is 5.11 Å². The lowest BCUT2D eigenvalue weighted by molar-refractivity contribution is 0.250. The molecule has 0 fully saturated rings. The van der Waals surface area contributed by atoms with Gasteiger partial charge in [0.15, 0.2) is 5.03 Å². The summed E-state index contributed by atoms with van der Waals surface area (Å²) in [4.78, 5) is 0. The van der Waals surface area contributed by atoms with Crippen LogP contribution in [0.4, 0.5) is 0 Å². The van der Waals surface area contributed by atoms with Crippen LogP contribution in [0.2, 0.25) is 0 Å². The van der Waals surface area contributed by atoms with E-state index in [1.165, 1.54) is 16.6 Å². The van der Waals surface area contributed by atoms with Crippen molar-refractivity contribution >= 4 is 10.0 Å². The summed E-state index contributed by atoms with van der Waals surface area (Å²) in [6, 6.07) is 10.6. The van der Waals surface area contributed by atoms with Crippen LogP contribution in [0.25, 0.3) is 0 Å². The van der Waals surface area contributed by atoms with E-state index < -0.39 is 10.0 Å². The van der Waals surface area contributed by atoms with Crippen molar-refractivity contribution in [2.45, 2.75) is 11.6 Å². The number of aromatic amines is 1. The number of rotatable bonds is 6. The average Bonchev–Trinajstić information content (AvgIpc) is 2.94. The van der Waals surface area contributed by atoms with Crippen LogP contribution in [-0.2, 0) is 16.6 Å². The Morgan fingerprint density at radius 3 is 2.53 bits per heavy atom. The van der Waals surface area contributed by atoms with Crippen LogP contribution in [-0.4, -0.2) is 41.2 Å². The van der Waals surface area contributed by atoms with Gasteiger partial charge in [-0.1, -0.05) is 30.3 Å². The van der Waals surface area contributed by atoms with Gasteiger partial charge in [0.2, 0.25) is 0 Å².